The van der Waals surface area contributed by atoms with Crippen molar-refractivity contribution in [2.24, 2.45) is 0 Å². The summed E-state index contributed by atoms with van der Waals surface area (Å²) in [5.41, 5.74) is 0.641. The molecule has 29 heavy (non-hydrogen) atoms. The molecule has 2 rings (SSSR count). The molecule has 0 radical (unpaired) electrons. The number of esters is 1. The number of rotatable bonds is 10. The monoisotopic (exact) mass is 421 g/mol. The smallest absolute Gasteiger partial charge is 0.338 e. The third-order valence-electron chi connectivity index (χ3n) is 3.71. The van der Waals surface area contributed by atoms with Crippen LogP contribution < -0.4 is 19.5 Å². The molecule has 0 saturated carbocycles. The van der Waals surface area contributed by atoms with Gasteiger partial charge in [0.2, 0.25) is 0 Å². The number of hydrogen-bond acceptors (Lipinski definition) is 6. The second kappa shape index (κ2) is 11.2. The molecule has 0 saturated heterocycles. The molecule has 0 spiro atoms. The van der Waals surface area contributed by atoms with E-state index in [1.165, 1.54) is 19.2 Å². The van der Waals surface area contributed by atoms with E-state index in [9.17, 15) is 9.59 Å². The van der Waals surface area contributed by atoms with E-state index in [2.05, 4.69) is 5.32 Å². The summed E-state index contributed by atoms with van der Waals surface area (Å²) in [6, 6.07) is 9.84. The van der Waals surface area contributed by atoms with Crippen LogP contribution in [0.5, 0.6) is 17.2 Å². The molecule has 0 unspecified atom stereocenters. The Morgan fingerprint density at radius 3 is 2.52 bits per heavy atom. The zero-order valence-electron chi connectivity index (χ0n) is 16.6. The molecular formula is C21H24ClNO6. The summed E-state index contributed by atoms with van der Waals surface area (Å²) in [6.45, 7) is 4.15. The van der Waals surface area contributed by atoms with Crippen LogP contribution in [0.25, 0.3) is 0 Å². The Balaban J connectivity index is 2.05. The molecule has 2 aromatic carbocycles. The SMILES string of the molecule is CCCOc1c(Cl)cc(C(=O)OCC(=O)Nc2ccccc2OC)cc1OCC. The number of methoxy groups -OCH3 is 1. The van der Waals surface area contributed by atoms with Crippen LogP contribution in [0.2, 0.25) is 5.02 Å². The van der Waals surface area contributed by atoms with Gasteiger partial charge in [0.05, 0.1) is 36.6 Å². The lowest BCUT2D eigenvalue weighted by Gasteiger charge is -2.14. The number of ether oxygens (including phenoxy) is 4. The molecule has 0 aliphatic heterocycles. The highest BCUT2D eigenvalue weighted by Crippen LogP contribution is 2.37. The zero-order valence-corrected chi connectivity index (χ0v) is 17.4. The van der Waals surface area contributed by atoms with Gasteiger partial charge in [0.15, 0.2) is 18.1 Å². The molecule has 7 nitrogen and oxygen atoms in total. The number of para-hydroxylation sites is 2. The third kappa shape index (κ3) is 6.29. The standard InChI is InChI=1S/C21H24ClNO6/c1-4-10-28-20-15(22)11-14(12-18(20)27-5-2)21(25)29-13-19(24)23-16-8-6-7-9-17(16)26-3/h6-9,11-12H,4-5,10,13H2,1-3H3,(H,23,24). The van der Waals surface area contributed by atoms with Crippen LogP contribution in [0.1, 0.15) is 30.6 Å². The van der Waals surface area contributed by atoms with E-state index in [0.29, 0.717) is 36.1 Å². The molecule has 0 bridgehead atoms. The molecule has 1 amide bonds. The molecule has 1 N–H and O–H groups in total. The number of halogens is 1. The largest absolute Gasteiger partial charge is 0.495 e. The topological polar surface area (TPSA) is 83.1 Å². The van der Waals surface area contributed by atoms with E-state index in [-0.39, 0.29) is 10.6 Å². The fourth-order valence-electron chi connectivity index (χ4n) is 2.44. The number of anilines is 1. The van der Waals surface area contributed by atoms with Crippen molar-refractivity contribution in [3.63, 3.8) is 0 Å². The number of nitrogens with one attached hydrogen (secondary N) is 1. The van der Waals surface area contributed by atoms with Crippen molar-refractivity contribution in [3.8, 4) is 17.2 Å². The molecule has 156 valence electrons. The van der Waals surface area contributed by atoms with Gasteiger partial charge in [-0.2, -0.15) is 0 Å². The summed E-state index contributed by atoms with van der Waals surface area (Å²) in [5, 5.41) is 2.86. The Kier molecular flexibility index (Phi) is 8.61. The third-order valence-corrected chi connectivity index (χ3v) is 3.99. The summed E-state index contributed by atoms with van der Waals surface area (Å²) >= 11 is 6.25. The minimum absolute atomic E-state index is 0.160. The summed E-state index contributed by atoms with van der Waals surface area (Å²) in [5.74, 6) is 0.0228. The van der Waals surface area contributed by atoms with Crippen molar-refractivity contribution in [1.82, 2.24) is 0 Å². The quantitative estimate of drug-likeness (QED) is 0.575. The van der Waals surface area contributed by atoms with Crippen molar-refractivity contribution in [1.29, 1.82) is 0 Å². The lowest BCUT2D eigenvalue weighted by Crippen LogP contribution is -2.21. The second-order valence-electron chi connectivity index (χ2n) is 5.89. The van der Waals surface area contributed by atoms with Gasteiger partial charge in [-0.05, 0) is 37.6 Å². The first kappa shape index (κ1) is 22.4. The van der Waals surface area contributed by atoms with Crippen LogP contribution in [0.4, 0.5) is 5.69 Å². The molecule has 0 fully saturated rings. The molecule has 2 aromatic rings. The first-order valence-corrected chi connectivity index (χ1v) is 9.57. The van der Waals surface area contributed by atoms with Crippen LogP contribution in [0.3, 0.4) is 0 Å². The zero-order chi connectivity index (χ0) is 21.2. The maximum Gasteiger partial charge on any atom is 0.338 e. The van der Waals surface area contributed by atoms with Gasteiger partial charge in [0.1, 0.15) is 5.75 Å². The van der Waals surface area contributed by atoms with Crippen molar-refractivity contribution >= 4 is 29.2 Å². The van der Waals surface area contributed by atoms with E-state index >= 15 is 0 Å². The average molecular weight is 422 g/mol. The highest BCUT2D eigenvalue weighted by molar-refractivity contribution is 6.32. The first-order valence-electron chi connectivity index (χ1n) is 9.19. The van der Waals surface area contributed by atoms with Gasteiger partial charge in [-0.1, -0.05) is 30.7 Å². The van der Waals surface area contributed by atoms with Gasteiger partial charge in [0, 0.05) is 0 Å². The minimum Gasteiger partial charge on any atom is -0.495 e. The summed E-state index contributed by atoms with van der Waals surface area (Å²) in [6.07, 6.45) is 0.799. The fraction of sp³-hybridized carbons (Fsp3) is 0.333. The molecule has 8 heteroatoms. The number of carbonyl (C=O) groups excluding carboxylic acids is 2. The maximum absolute atomic E-state index is 12.4. The normalized spacial score (nSPS) is 10.2. The van der Waals surface area contributed by atoms with E-state index in [1.807, 2.05) is 13.8 Å². The molecular weight excluding hydrogens is 398 g/mol. The van der Waals surface area contributed by atoms with E-state index in [4.69, 9.17) is 30.5 Å². The Morgan fingerprint density at radius 2 is 1.83 bits per heavy atom. The number of hydrogen-bond donors (Lipinski definition) is 1. The number of carbonyl (C=O) groups is 2. The van der Waals surface area contributed by atoms with E-state index < -0.39 is 18.5 Å². The Hall–Kier alpha value is -2.93. The lowest BCUT2D eigenvalue weighted by molar-refractivity contribution is -0.119. The van der Waals surface area contributed by atoms with Crippen molar-refractivity contribution in [2.75, 3.05) is 32.2 Å². The molecule has 0 aliphatic rings. The van der Waals surface area contributed by atoms with E-state index in [1.54, 1.807) is 24.3 Å². The molecule has 0 atom stereocenters. The number of benzene rings is 2. The summed E-state index contributed by atoms with van der Waals surface area (Å²) < 4.78 is 21.4. The Labute approximate surface area is 174 Å². The van der Waals surface area contributed by atoms with Crippen LogP contribution in [-0.2, 0) is 9.53 Å². The van der Waals surface area contributed by atoms with E-state index in [0.717, 1.165) is 6.42 Å². The summed E-state index contributed by atoms with van der Waals surface area (Å²) in [4.78, 5) is 24.5. The predicted molar refractivity (Wildman–Crippen MR) is 110 cm³/mol. The number of amides is 1. The van der Waals surface area contributed by atoms with Crippen LogP contribution >= 0.6 is 11.6 Å². The highest BCUT2D eigenvalue weighted by Gasteiger charge is 2.18. The van der Waals surface area contributed by atoms with Crippen LogP contribution in [0.15, 0.2) is 36.4 Å². The van der Waals surface area contributed by atoms with Gasteiger partial charge in [-0.25, -0.2) is 4.79 Å². The lowest BCUT2D eigenvalue weighted by atomic mass is 10.2. The fourth-order valence-corrected chi connectivity index (χ4v) is 2.71. The Bertz CT molecular complexity index is 855. The second-order valence-corrected chi connectivity index (χ2v) is 6.30. The molecule has 0 heterocycles. The predicted octanol–water partition coefficient (Wildman–Crippen LogP) is 4.33. The average Bonchev–Trinajstić information content (AvgIpc) is 2.72. The van der Waals surface area contributed by atoms with Gasteiger partial charge in [-0.15, -0.1) is 0 Å². The summed E-state index contributed by atoms with van der Waals surface area (Å²) in [7, 11) is 1.50. The molecule has 0 aliphatic carbocycles. The van der Waals surface area contributed by atoms with Gasteiger partial charge in [0.25, 0.3) is 5.91 Å². The Morgan fingerprint density at radius 1 is 1.07 bits per heavy atom. The van der Waals surface area contributed by atoms with Crippen LogP contribution in [-0.4, -0.2) is 38.8 Å². The highest BCUT2D eigenvalue weighted by atomic mass is 35.5. The van der Waals surface area contributed by atoms with Crippen molar-refractivity contribution in [2.45, 2.75) is 20.3 Å². The van der Waals surface area contributed by atoms with Gasteiger partial charge in [-0.3, -0.25) is 4.79 Å². The van der Waals surface area contributed by atoms with Crippen molar-refractivity contribution < 1.29 is 28.5 Å². The molecule has 0 aromatic heterocycles. The van der Waals surface area contributed by atoms with Crippen molar-refractivity contribution in [3.05, 3.63) is 47.0 Å². The maximum atomic E-state index is 12.4. The minimum atomic E-state index is -0.704. The van der Waals surface area contributed by atoms with Gasteiger partial charge < -0.3 is 24.3 Å². The van der Waals surface area contributed by atoms with Crippen LogP contribution in [0, 0.1) is 0 Å². The van der Waals surface area contributed by atoms with Gasteiger partial charge >= 0.3 is 5.97 Å². The first-order chi connectivity index (χ1) is 14.0.